The van der Waals surface area contributed by atoms with Crippen LogP contribution in [0.1, 0.15) is 27.3 Å². The van der Waals surface area contributed by atoms with Crippen molar-refractivity contribution in [2.24, 2.45) is 5.73 Å². The summed E-state index contributed by atoms with van der Waals surface area (Å²) in [6, 6.07) is 7.98. The van der Waals surface area contributed by atoms with Crippen molar-refractivity contribution in [3.63, 3.8) is 0 Å². The van der Waals surface area contributed by atoms with Crippen LogP contribution in [0.2, 0.25) is 0 Å². The number of aromatic nitrogens is 2. The van der Waals surface area contributed by atoms with E-state index in [0.717, 1.165) is 21.7 Å². The highest BCUT2D eigenvalue weighted by Crippen LogP contribution is 2.46. The minimum Gasteiger partial charge on any atom is -0.354 e. The number of rotatable bonds is 5. The first-order valence-corrected chi connectivity index (χ1v) is 10.7. The van der Waals surface area contributed by atoms with Crippen molar-refractivity contribution in [1.29, 1.82) is 0 Å². The second-order valence-corrected chi connectivity index (χ2v) is 8.76. The molecule has 1 unspecified atom stereocenters. The Labute approximate surface area is 183 Å². The molecule has 3 N–H and O–H groups in total. The third-order valence-electron chi connectivity index (χ3n) is 5.06. The summed E-state index contributed by atoms with van der Waals surface area (Å²) in [5.41, 5.74) is 8.72. The van der Waals surface area contributed by atoms with Gasteiger partial charge in [-0.05, 0) is 49.6 Å². The molecule has 166 valence electrons. The van der Waals surface area contributed by atoms with Gasteiger partial charge in [0.25, 0.3) is 5.92 Å². The molecule has 0 saturated heterocycles. The lowest BCUT2D eigenvalue weighted by molar-refractivity contribution is -0.110. The van der Waals surface area contributed by atoms with Crippen LogP contribution in [0.25, 0.3) is 11.3 Å². The maximum absolute atomic E-state index is 14.0. The average Bonchev–Trinajstić information content (AvgIpc) is 3.26. The Balaban J connectivity index is 0.000000180. The SMILES string of the molecule is Cc1cc2c(s1)C(F)(F)CCn1ncc(C)c1-2.NCC(Cc1cccc(F)c1)NC=O. The Morgan fingerprint density at radius 1 is 1.35 bits per heavy atom. The number of carbonyl (C=O) groups excluding carboxylic acids is 1. The number of carbonyl (C=O) groups is 1. The normalized spacial score (nSPS) is 15.0. The molecule has 1 amide bonds. The number of amides is 1. The molecule has 1 aliphatic rings. The minimum absolute atomic E-state index is 0.130. The molecule has 5 nitrogen and oxygen atoms in total. The van der Waals surface area contributed by atoms with Crippen molar-refractivity contribution in [2.45, 2.75) is 45.2 Å². The van der Waals surface area contributed by atoms with Gasteiger partial charge in [0.05, 0.1) is 16.8 Å². The summed E-state index contributed by atoms with van der Waals surface area (Å²) < 4.78 is 42.5. The number of aryl methyl sites for hydroxylation is 3. The number of thiophene rings is 1. The smallest absolute Gasteiger partial charge is 0.284 e. The Morgan fingerprint density at radius 3 is 2.81 bits per heavy atom. The molecule has 3 aromatic rings. The molecule has 0 fully saturated rings. The van der Waals surface area contributed by atoms with Gasteiger partial charge in [0.15, 0.2) is 0 Å². The first kappa shape index (κ1) is 23.0. The molecule has 3 heterocycles. The summed E-state index contributed by atoms with van der Waals surface area (Å²) in [7, 11) is 0. The van der Waals surface area contributed by atoms with Crippen LogP contribution < -0.4 is 11.1 Å². The van der Waals surface area contributed by atoms with Gasteiger partial charge in [-0.25, -0.2) is 13.2 Å². The molecule has 0 saturated carbocycles. The molecule has 0 spiro atoms. The van der Waals surface area contributed by atoms with Gasteiger partial charge < -0.3 is 11.1 Å². The lowest BCUT2D eigenvalue weighted by atomic mass is 10.1. The second kappa shape index (κ2) is 9.65. The topological polar surface area (TPSA) is 72.9 Å². The summed E-state index contributed by atoms with van der Waals surface area (Å²) in [4.78, 5) is 11.3. The van der Waals surface area contributed by atoms with Crippen molar-refractivity contribution in [2.75, 3.05) is 6.54 Å². The molecule has 4 rings (SSSR count). The average molecular weight is 451 g/mol. The summed E-state index contributed by atoms with van der Waals surface area (Å²) in [6.07, 6.45) is 2.73. The fourth-order valence-electron chi connectivity index (χ4n) is 3.58. The number of benzene rings is 1. The highest BCUT2D eigenvalue weighted by atomic mass is 32.1. The van der Waals surface area contributed by atoms with Gasteiger partial charge in [-0.15, -0.1) is 11.3 Å². The Kier molecular flexibility index (Phi) is 7.17. The van der Waals surface area contributed by atoms with Crippen LogP contribution >= 0.6 is 11.3 Å². The zero-order chi connectivity index (χ0) is 22.6. The van der Waals surface area contributed by atoms with Crippen molar-refractivity contribution >= 4 is 17.7 Å². The maximum Gasteiger partial charge on any atom is 0.284 e. The number of fused-ring (bicyclic) bond motifs is 3. The van der Waals surface area contributed by atoms with Crippen LogP contribution in [0.5, 0.6) is 0 Å². The van der Waals surface area contributed by atoms with E-state index in [2.05, 4.69) is 10.4 Å². The van der Waals surface area contributed by atoms with Gasteiger partial charge in [0.1, 0.15) is 5.82 Å². The fourth-order valence-corrected chi connectivity index (χ4v) is 4.59. The molecule has 0 aliphatic carbocycles. The van der Waals surface area contributed by atoms with Crippen molar-refractivity contribution < 1.29 is 18.0 Å². The number of alkyl halides is 2. The van der Waals surface area contributed by atoms with E-state index in [1.165, 1.54) is 23.5 Å². The zero-order valence-corrected chi connectivity index (χ0v) is 18.2. The van der Waals surface area contributed by atoms with Crippen molar-refractivity contribution in [3.8, 4) is 11.3 Å². The van der Waals surface area contributed by atoms with Crippen molar-refractivity contribution in [3.05, 3.63) is 63.2 Å². The van der Waals surface area contributed by atoms with E-state index in [9.17, 15) is 18.0 Å². The minimum atomic E-state index is -2.73. The highest BCUT2D eigenvalue weighted by molar-refractivity contribution is 7.12. The predicted molar refractivity (Wildman–Crippen MR) is 116 cm³/mol. The number of halogens is 3. The largest absolute Gasteiger partial charge is 0.354 e. The lowest BCUT2D eigenvalue weighted by Crippen LogP contribution is -2.36. The zero-order valence-electron chi connectivity index (χ0n) is 17.4. The fraction of sp³-hybridized carbons (Fsp3) is 0.364. The molecule has 31 heavy (non-hydrogen) atoms. The van der Waals surface area contributed by atoms with E-state index in [0.29, 0.717) is 24.9 Å². The van der Waals surface area contributed by atoms with E-state index in [4.69, 9.17) is 5.73 Å². The second-order valence-electron chi connectivity index (χ2n) is 7.50. The molecular weight excluding hydrogens is 425 g/mol. The number of nitrogens with zero attached hydrogens (tertiary/aromatic N) is 2. The summed E-state index contributed by atoms with van der Waals surface area (Å²) in [5.74, 6) is -3.01. The third-order valence-corrected chi connectivity index (χ3v) is 6.22. The summed E-state index contributed by atoms with van der Waals surface area (Å²) in [6.45, 7) is 4.40. The lowest BCUT2D eigenvalue weighted by Gasteiger charge is -2.13. The first-order chi connectivity index (χ1) is 14.7. The molecule has 1 aliphatic heterocycles. The van der Waals surface area contributed by atoms with Crippen LogP contribution in [-0.2, 0) is 23.7 Å². The van der Waals surface area contributed by atoms with Crippen LogP contribution in [0, 0.1) is 19.7 Å². The Hall–Kier alpha value is -2.65. The van der Waals surface area contributed by atoms with Gasteiger partial charge >= 0.3 is 0 Å². The van der Waals surface area contributed by atoms with E-state index in [1.807, 2.05) is 19.9 Å². The van der Waals surface area contributed by atoms with Crippen LogP contribution in [0.3, 0.4) is 0 Å². The molecular formula is C22H25F3N4OS. The Bertz CT molecular complexity index is 1050. The van der Waals surface area contributed by atoms with Crippen LogP contribution in [0.4, 0.5) is 13.2 Å². The number of nitrogens with two attached hydrogens (primary N) is 1. The van der Waals surface area contributed by atoms with Crippen molar-refractivity contribution in [1.82, 2.24) is 15.1 Å². The highest BCUT2D eigenvalue weighted by Gasteiger charge is 2.39. The number of hydrogen-bond donors (Lipinski definition) is 2. The number of hydrogen-bond acceptors (Lipinski definition) is 4. The maximum atomic E-state index is 14.0. The number of nitrogens with one attached hydrogen (secondary N) is 1. The third kappa shape index (κ3) is 5.34. The predicted octanol–water partition coefficient (Wildman–Crippen LogP) is 4.17. The van der Waals surface area contributed by atoms with Gasteiger partial charge in [-0.1, -0.05) is 12.1 Å². The Morgan fingerprint density at radius 2 is 2.13 bits per heavy atom. The van der Waals surface area contributed by atoms with Gasteiger partial charge in [-0.2, -0.15) is 5.10 Å². The summed E-state index contributed by atoms with van der Waals surface area (Å²) in [5, 5.41) is 6.75. The van der Waals surface area contributed by atoms with E-state index in [1.54, 1.807) is 23.0 Å². The standard InChI is InChI=1S/C12H12F2N2S.C10H13FN2O/c1-7-6-15-16-4-3-12(13,14)11-9(10(7)16)5-8(2)17-11;11-9-3-1-2-8(4-9)5-10(6-12)13-7-14/h5-6H,3-4H2,1-2H3;1-4,7,10H,5-6,12H2,(H,13,14). The molecule has 2 aromatic heterocycles. The van der Waals surface area contributed by atoms with Crippen LogP contribution in [-0.4, -0.2) is 28.8 Å². The monoisotopic (exact) mass is 450 g/mol. The molecule has 0 bridgehead atoms. The molecule has 9 heteroatoms. The molecule has 0 radical (unpaired) electrons. The first-order valence-electron chi connectivity index (χ1n) is 9.91. The molecule has 1 atom stereocenters. The quantitative estimate of drug-likeness (QED) is 0.573. The van der Waals surface area contributed by atoms with Gasteiger partial charge in [-0.3, -0.25) is 9.48 Å². The van der Waals surface area contributed by atoms with E-state index >= 15 is 0 Å². The summed E-state index contributed by atoms with van der Waals surface area (Å²) >= 11 is 1.20. The van der Waals surface area contributed by atoms with E-state index in [-0.39, 0.29) is 29.7 Å². The van der Waals surface area contributed by atoms with Gasteiger partial charge in [0.2, 0.25) is 6.41 Å². The molecule has 1 aromatic carbocycles. The van der Waals surface area contributed by atoms with E-state index < -0.39 is 5.92 Å². The van der Waals surface area contributed by atoms with Gasteiger partial charge in [0, 0.05) is 36.0 Å². The van der Waals surface area contributed by atoms with Crippen LogP contribution in [0.15, 0.2) is 36.5 Å².